The van der Waals surface area contributed by atoms with Crippen LogP contribution in [0.4, 0.5) is 21.9 Å². The lowest BCUT2D eigenvalue weighted by molar-refractivity contribution is 0.262. The third kappa shape index (κ3) is 3.74. The van der Waals surface area contributed by atoms with Gasteiger partial charge in [-0.1, -0.05) is 13.0 Å². The normalized spacial score (nSPS) is 9.71. The molecule has 0 spiro atoms. The van der Waals surface area contributed by atoms with E-state index in [0.717, 1.165) is 12.0 Å². The second-order valence-corrected chi connectivity index (χ2v) is 4.54. The van der Waals surface area contributed by atoms with Crippen molar-refractivity contribution in [1.29, 1.82) is 5.26 Å². The van der Waals surface area contributed by atoms with Gasteiger partial charge < -0.3 is 16.4 Å². The topological polar surface area (TPSA) is 90.9 Å². The molecule has 21 heavy (non-hydrogen) atoms. The van der Waals surface area contributed by atoms with Gasteiger partial charge in [-0.05, 0) is 48.4 Å². The van der Waals surface area contributed by atoms with Crippen molar-refractivity contribution in [2.45, 2.75) is 13.3 Å². The molecule has 0 bridgehead atoms. The Morgan fingerprint density at radius 3 is 2.33 bits per heavy atom. The number of nitrogens with one attached hydrogen (secondary N) is 2. The van der Waals surface area contributed by atoms with Crippen molar-refractivity contribution in [3.8, 4) is 6.07 Å². The number of nitrogens with zero attached hydrogens (tertiary/aromatic N) is 1. The van der Waals surface area contributed by atoms with E-state index in [1.54, 1.807) is 30.3 Å². The van der Waals surface area contributed by atoms with Gasteiger partial charge in [0.15, 0.2) is 0 Å². The molecule has 0 atom stereocenters. The molecule has 0 aliphatic rings. The van der Waals surface area contributed by atoms with Gasteiger partial charge in [0.05, 0.1) is 11.6 Å². The van der Waals surface area contributed by atoms with Crippen molar-refractivity contribution in [2.24, 2.45) is 0 Å². The van der Waals surface area contributed by atoms with E-state index in [1.807, 2.05) is 25.1 Å². The first kappa shape index (κ1) is 14.4. The second kappa shape index (κ2) is 6.44. The molecule has 0 heterocycles. The summed E-state index contributed by atoms with van der Waals surface area (Å²) in [6.45, 7) is 2.02. The number of hydrogen-bond acceptors (Lipinski definition) is 3. The van der Waals surface area contributed by atoms with E-state index >= 15 is 0 Å². The highest BCUT2D eigenvalue weighted by molar-refractivity contribution is 6.00. The predicted octanol–water partition coefficient (Wildman–Crippen LogP) is 3.35. The van der Waals surface area contributed by atoms with Crippen LogP contribution in [-0.2, 0) is 6.42 Å². The first-order valence-corrected chi connectivity index (χ1v) is 6.59. The van der Waals surface area contributed by atoms with Crippen molar-refractivity contribution < 1.29 is 4.79 Å². The largest absolute Gasteiger partial charge is 0.398 e. The van der Waals surface area contributed by atoms with Crippen LogP contribution in [0.15, 0.2) is 42.5 Å². The monoisotopic (exact) mass is 280 g/mol. The molecule has 2 amide bonds. The first-order valence-electron chi connectivity index (χ1n) is 6.59. The minimum atomic E-state index is -0.358. The quantitative estimate of drug-likeness (QED) is 0.753. The molecule has 0 saturated heterocycles. The minimum Gasteiger partial charge on any atom is -0.398 e. The van der Waals surface area contributed by atoms with Gasteiger partial charge in [0, 0.05) is 17.1 Å². The Morgan fingerprint density at radius 2 is 1.76 bits per heavy atom. The van der Waals surface area contributed by atoms with E-state index in [9.17, 15) is 4.79 Å². The van der Waals surface area contributed by atoms with Crippen LogP contribution in [0.5, 0.6) is 0 Å². The van der Waals surface area contributed by atoms with Crippen molar-refractivity contribution in [3.63, 3.8) is 0 Å². The maximum Gasteiger partial charge on any atom is 0.323 e. The summed E-state index contributed by atoms with van der Waals surface area (Å²) in [6, 6.07) is 13.7. The van der Waals surface area contributed by atoms with Crippen molar-refractivity contribution in [2.75, 3.05) is 16.4 Å². The zero-order valence-corrected chi connectivity index (χ0v) is 11.7. The number of urea groups is 1. The van der Waals surface area contributed by atoms with E-state index in [1.165, 1.54) is 0 Å². The Kier molecular flexibility index (Phi) is 4.42. The zero-order valence-electron chi connectivity index (χ0n) is 11.7. The zero-order chi connectivity index (χ0) is 15.2. The summed E-state index contributed by atoms with van der Waals surface area (Å²) < 4.78 is 0. The highest BCUT2D eigenvalue weighted by Crippen LogP contribution is 2.18. The van der Waals surface area contributed by atoms with Gasteiger partial charge in [-0.25, -0.2) is 4.79 Å². The Balaban J connectivity index is 2.01. The molecular formula is C16H16N4O. The molecule has 0 radical (unpaired) electrons. The van der Waals surface area contributed by atoms with E-state index in [-0.39, 0.29) is 6.03 Å². The van der Waals surface area contributed by atoms with E-state index < -0.39 is 0 Å². The molecule has 5 heteroatoms. The number of nitriles is 1. The summed E-state index contributed by atoms with van der Waals surface area (Å²) >= 11 is 0. The SMILES string of the molecule is CCc1ccc(NC(=O)Nc2ccc(C#N)cc2)cc1N. The Bertz CT molecular complexity index is 686. The molecule has 0 fully saturated rings. The van der Waals surface area contributed by atoms with Crippen molar-refractivity contribution in [3.05, 3.63) is 53.6 Å². The standard InChI is InChI=1S/C16H16N4O/c1-2-12-5-8-14(9-15(12)18)20-16(21)19-13-6-3-11(10-17)4-7-13/h3-9H,2,18H2,1H3,(H2,19,20,21). The van der Waals surface area contributed by atoms with Gasteiger partial charge in [0.25, 0.3) is 0 Å². The molecule has 0 aliphatic carbocycles. The fourth-order valence-electron chi connectivity index (χ4n) is 1.92. The lowest BCUT2D eigenvalue weighted by Crippen LogP contribution is -2.19. The van der Waals surface area contributed by atoms with Crippen LogP contribution in [0.2, 0.25) is 0 Å². The number of anilines is 3. The highest BCUT2D eigenvalue weighted by atomic mass is 16.2. The predicted molar refractivity (Wildman–Crippen MR) is 84.0 cm³/mol. The molecule has 0 aliphatic heterocycles. The number of rotatable bonds is 3. The van der Waals surface area contributed by atoms with Crippen LogP contribution in [0.3, 0.4) is 0 Å². The van der Waals surface area contributed by atoms with Gasteiger partial charge in [-0.15, -0.1) is 0 Å². The third-order valence-corrected chi connectivity index (χ3v) is 3.06. The van der Waals surface area contributed by atoms with Crippen LogP contribution < -0.4 is 16.4 Å². The van der Waals surface area contributed by atoms with Gasteiger partial charge in [-0.2, -0.15) is 5.26 Å². The molecule has 0 saturated carbocycles. The van der Waals surface area contributed by atoms with Gasteiger partial charge in [0.2, 0.25) is 0 Å². The Morgan fingerprint density at radius 1 is 1.14 bits per heavy atom. The van der Waals surface area contributed by atoms with E-state index in [0.29, 0.717) is 22.6 Å². The summed E-state index contributed by atoms with van der Waals surface area (Å²) in [5.74, 6) is 0. The lowest BCUT2D eigenvalue weighted by Gasteiger charge is -2.10. The van der Waals surface area contributed by atoms with Gasteiger partial charge in [-0.3, -0.25) is 0 Å². The number of hydrogen-bond donors (Lipinski definition) is 3. The average molecular weight is 280 g/mol. The highest BCUT2D eigenvalue weighted by Gasteiger charge is 2.04. The molecule has 2 aromatic rings. The average Bonchev–Trinajstić information content (AvgIpc) is 2.48. The number of carbonyl (C=O) groups excluding carboxylic acids is 1. The third-order valence-electron chi connectivity index (χ3n) is 3.06. The molecule has 5 nitrogen and oxygen atoms in total. The smallest absolute Gasteiger partial charge is 0.323 e. The van der Waals surface area contributed by atoms with Gasteiger partial charge >= 0.3 is 6.03 Å². The molecule has 4 N–H and O–H groups in total. The Hall–Kier alpha value is -3.00. The number of carbonyl (C=O) groups is 1. The van der Waals surface area contributed by atoms with Crippen molar-refractivity contribution in [1.82, 2.24) is 0 Å². The maximum atomic E-state index is 11.9. The number of nitrogen functional groups attached to an aromatic ring is 1. The van der Waals surface area contributed by atoms with Crippen LogP contribution in [0.1, 0.15) is 18.1 Å². The minimum absolute atomic E-state index is 0.358. The first-order chi connectivity index (χ1) is 10.1. The Labute approximate surface area is 123 Å². The summed E-state index contributed by atoms with van der Waals surface area (Å²) in [4.78, 5) is 11.9. The summed E-state index contributed by atoms with van der Waals surface area (Å²) in [5.41, 5.74) is 9.40. The van der Waals surface area contributed by atoms with E-state index in [2.05, 4.69) is 10.6 Å². The molecule has 106 valence electrons. The van der Waals surface area contributed by atoms with Crippen LogP contribution >= 0.6 is 0 Å². The summed E-state index contributed by atoms with van der Waals surface area (Å²) in [6.07, 6.45) is 0.851. The summed E-state index contributed by atoms with van der Waals surface area (Å²) in [7, 11) is 0. The molecule has 2 aromatic carbocycles. The maximum absolute atomic E-state index is 11.9. The fraction of sp³-hybridized carbons (Fsp3) is 0.125. The number of nitrogens with two attached hydrogens (primary N) is 1. The van der Waals surface area contributed by atoms with E-state index in [4.69, 9.17) is 11.0 Å². The molecular weight excluding hydrogens is 264 g/mol. The lowest BCUT2D eigenvalue weighted by atomic mass is 10.1. The van der Waals surface area contributed by atoms with Crippen LogP contribution in [-0.4, -0.2) is 6.03 Å². The molecule has 0 unspecified atom stereocenters. The number of aryl methyl sites for hydroxylation is 1. The number of amides is 2. The van der Waals surface area contributed by atoms with Gasteiger partial charge in [0.1, 0.15) is 0 Å². The molecule has 0 aromatic heterocycles. The van der Waals surface area contributed by atoms with Crippen LogP contribution in [0, 0.1) is 11.3 Å². The second-order valence-electron chi connectivity index (χ2n) is 4.54. The summed E-state index contributed by atoms with van der Waals surface area (Å²) in [5, 5.41) is 14.1. The van der Waals surface area contributed by atoms with Crippen LogP contribution in [0.25, 0.3) is 0 Å². The van der Waals surface area contributed by atoms with Crippen molar-refractivity contribution >= 4 is 23.1 Å². The molecule has 2 rings (SSSR count). The number of benzene rings is 2. The fourth-order valence-corrected chi connectivity index (χ4v) is 1.92.